The van der Waals surface area contributed by atoms with Crippen LogP contribution in [-0.2, 0) is 0 Å². The molecule has 2 rings (SSSR count). The molecule has 5 heteroatoms. The summed E-state index contributed by atoms with van der Waals surface area (Å²) in [4.78, 5) is 18.6. The summed E-state index contributed by atoms with van der Waals surface area (Å²) in [6, 6.07) is 6.67. The van der Waals surface area contributed by atoms with Gasteiger partial charge in [0.25, 0.3) is 0 Å². The number of anilines is 2. The lowest BCUT2D eigenvalue weighted by Gasteiger charge is -2.07. The summed E-state index contributed by atoms with van der Waals surface area (Å²) >= 11 is 0. The Kier molecular flexibility index (Phi) is 2.77. The molecule has 16 heavy (non-hydrogen) atoms. The second kappa shape index (κ2) is 4.39. The first-order valence-electron chi connectivity index (χ1n) is 4.62. The van der Waals surface area contributed by atoms with E-state index in [9.17, 15) is 4.79 Å². The van der Waals surface area contributed by atoms with Crippen LogP contribution in [0.3, 0.4) is 0 Å². The zero-order valence-corrected chi connectivity index (χ0v) is 8.29. The van der Waals surface area contributed by atoms with Gasteiger partial charge in [-0.1, -0.05) is 12.1 Å². The molecule has 5 nitrogen and oxygen atoms in total. The van der Waals surface area contributed by atoms with Crippen LogP contribution in [0.5, 0.6) is 0 Å². The minimum atomic E-state index is -0.972. The Morgan fingerprint density at radius 2 is 1.88 bits per heavy atom. The maximum atomic E-state index is 10.9. The number of benzene rings is 1. The van der Waals surface area contributed by atoms with Crippen molar-refractivity contribution < 1.29 is 9.90 Å². The predicted molar refractivity (Wildman–Crippen MR) is 58.7 cm³/mol. The number of para-hydroxylation sites is 1. The van der Waals surface area contributed by atoms with Crippen molar-refractivity contribution in [2.45, 2.75) is 0 Å². The lowest BCUT2D eigenvalue weighted by atomic mass is 10.2. The van der Waals surface area contributed by atoms with Gasteiger partial charge in [0.15, 0.2) is 0 Å². The summed E-state index contributed by atoms with van der Waals surface area (Å²) in [5.41, 5.74) is 1.38. The van der Waals surface area contributed by atoms with Crippen LogP contribution in [0.1, 0.15) is 10.4 Å². The van der Waals surface area contributed by atoms with E-state index in [4.69, 9.17) is 5.11 Å². The highest BCUT2D eigenvalue weighted by atomic mass is 16.4. The van der Waals surface area contributed by atoms with Crippen molar-refractivity contribution in [1.29, 1.82) is 0 Å². The fraction of sp³-hybridized carbons (Fsp3) is 0. The van der Waals surface area contributed by atoms with E-state index in [-0.39, 0.29) is 5.56 Å². The van der Waals surface area contributed by atoms with E-state index in [2.05, 4.69) is 15.3 Å². The SMILES string of the molecule is O=C(O)c1ccccc1Nc1cncnc1. The maximum Gasteiger partial charge on any atom is 0.337 e. The third-order valence-electron chi connectivity index (χ3n) is 2.00. The number of carboxylic acid groups (broad SMARTS) is 1. The average Bonchev–Trinajstić information content (AvgIpc) is 2.31. The molecule has 0 radical (unpaired) electrons. The number of nitrogens with zero attached hydrogens (tertiary/aromatic N) is 2. The smallest absolute Gasteiger partial charge is 0.337 e. The molecular weight excluding hydrogens is 206 g/mol. The molecule has 0 fully saturated rings. The largest absolute Gasteiger partial charge is 0.478 e. The molecule has 2 aromatic rings. The fourth-order valence-corrected chi connectivity index (χ4v) is 1.30. The Bertz CT molecular complexity index is 500. The van der Waals surface area contributed by atoms with Crippen LogP contribution in [0.4, 0.5) is 11.4 Å². The van der Waals surface area contributed by atoms with Crippen molar-refractivity contribution in [1.82, 2.24) is 9.97 Å². The van der Waals surface area contributed by atoms with Gasteiger partial charge >= 0.3 is 5.97 Å². The average molecular weight is 215 g/mol. The third-order valence-corrected chi connectivity index (χ3v) is 2.00. The highest BCUT2D eigenvalue weighted by Crippen LogP contribution is 2.19. The van der Waals surface area contributed by atoms with Crippen molar-refractivity contribution in [3.05, 3.63) is 48.5 Å². The van der Waals surface area contributed by atoms with Crippen molar-refractivity contribution >= 4 is 17.3 Å². The Morgan fingerprint density at radius 1 is 1.19 bits per heavy atom. The van der Waals surface area contributed by atoms with Crippen LogP contribution in [-0.4, -0.2) is 21.0 Å². The third kappa shape index (κ3) is 2.14. The van der Waals surface area contributed by atoms with E-state index in [1.807, 2.05) is 0 Å². The van der Waals surface area contributed by atoms with Crippen LogP contribution in [0.2, 0.25) is 0 Å². The molecule has 80 valence electrons. The molecule has 0 saturated carbocycles. The van der Waals surface area contributed by atoms with Gasteiger partial charge in [0.1, 0.15) is 6.33 Å². The van der Waals surface area contributed by atoms with E-state index < -0.39 is 5.97 Å². The lowest BCUT2D eigenvalue weighted by Crippen LogP contribution is -2.02. The van der Waals surface area contributed by atoms with Crippen LogP contribution in [0, 0.1) is 0 Å². The van der Waals surface area contributed by atoms with Crippen LogP contribution in [0.25, 0.3) is 0 Å². The molecule has 0 aliphatic carbocycles. The van der Waals surface area contributed by atoms with E-state index in [0.717, 1.165) is 0 Å². The number of carboxylic acids is 1. The summed E-state index contributed by atoms with van der Waals surface area (Å²) in [6.07, 6.45) is 4.56. The number of aromatic nitrogens is 2. The van der Waals surface area contributed by atoms with Gasteiger partial charge in [-0.15, -0.1) is 0 Å². The van der Waals surface area contributed by atoms with Crippen molar-refractivity contribution in [3.8, 4) is 0 Å². The highest BCUT2D eigenvalue weighted by molar-refractivity contribution is 5.95. The predicted octanol–water partition coefficient (Wildman–Crippen LogP) is 1.92. The summed E-state index contributed by atoms with van der Waals surface area (Å²) in [5.74, 6) is -0.972. The Labute approximate surface area is 91.8 Å². The summed E-state index contributed by atoms with van der Waals surface area (Å²) in [7, 11) is 0. The molecule has 0 unspecified atom stereocenters. The van der Waals surface area contributed by atoms with Gasteiger partial charge < -0.3 is 10.4 Å². The molecule has 2 N–H and O–H groups in total. The Balaban J connectivity index is 2.31. The summed E-state index contributed by atoms with van der Waals surface area (Å²) in [5, 5.41) is 11.9. The standard InChI is InChI=1S/C11H9N3O2/c15-11(16)9-3-1-2-4-10(9)14-8-5-12-7-13-6-8/h1-7,14H,(H,15,16). The van der Waals surface area contributed by atoms with Crippen LogP contribution in [0.15, 0.2) is 43.0 Å². The van der Waals surface area contributed by atoms with E-state index in [0.29, 0.717) is 11.4 Å². The topological polar surface area (TPSA) is 75.1 Å². The Morgan fingerprint density at radius 3 is 2.56 bits per heavy atom. The first kappa shape index (κ1) is 10.1. The van der Waals surface area contributed by atoms with E-state index in [1.165, 1.54) is 12.4 Å². The summed E-state index contributed by atoms with van der Waals surface area (Å²) in [6.45, 7) is 0. The minimum Gasteiger partial charge on any atom is -0.478 e. The zero-order valence-electron chi connectivity index (χ0n) is 8.29. The zero-order chi connectivity index (χ0) is 11.4. The molecule has 0 spiro atoms. The molecule has 0 aliphatic heterocycles. The van der Waals surface area contributed by atoms with Crippen LogP contribution >= 0.6 is 0 Å². The molecule has 0 aliphatic rings. The molecule has 0 atom stereocenters. The van der Waals surface area contributed by atoms with Crippen LogP contribution < -0.4 is 5.32 Å². The number of rotatable bonds is 3. The molecule has 0 bridgehead atoms. The number of carbonyl (C=O) groups is 1. The number of hydrogen-bond acceptors (Lipinski definition) is 4. The highest BCUT2D eigenvalue weighted by Gasteiger charge is 2.08. The molecular formula is C11H9N3O2. The van der Waals surface area contributed by atoms with Gasteiger partial charge in [-0.2, -0.15) is 0 Å². The van der Waals surface area contributed by atoms with Crippen molar-refractivity contribution in [3.63, 3.8) is 0 Å². The molecule has 1 heterocycles. The second-order valence-corrected chi connectivity index (χ2v) is 3.10. The number of hydrogen-bond donors (Lipinski definition) is 2. The quantitative estimate of drug-likeness (QED) is 0.818. The van der Waals surface area contributed by atoms with Gasteiger partial charge in [0.05, 0.1) is 29.3 Å². The normalized spacial score (nSPS) is 9.75. The van der Waals surface area contributed by atoms with Crippen molar-refractivity contribution in [2.24, 2.45) is 0 Å². The summed E-state index contributed by atoms with van der Waals surface area (Å²) < 4.78 is 0. The molecule has 0 saturated heterocycles. The van der Waals surface area contributed by atoms with Gasteiger partial charge in [0, 0.05) is 0 Å². The molecule has 1 aromatic heterocycles. The van der Waals surface area contributed by atoms with Crippen molar-refractivity contribution in [2.75, 3.05) is 5.32 Å². The molecule has 0 amide bonds. The Hall–Kier alpha value is -2.43. The first-order valence-corrected chi connectivity index (χ1v) is 4.62. The van der Waals surface area contributed by atoms with E-state index in [1.54, 1.807) is 30.6 Å². The second-order valence-electron chi connectivity index (χ2n) is 3.10. The van der Waals surface area contributed by atoms with E-state index >= 15 is 0 Å². The van der Waals surface area contributed by atoms with Gasteiger partial charge in [-0.25, -0.2) is 14.8 Å². The van der Waals surface area contributed by atoms with Gasteiger partial charge in [-0.3, -0.25) is 0 Å². The molecule has 1 aromatic carbocycles. The fourth-order valence-electron chi connectivity index (χ4n) is 1.30. The number of nitrogens with one attached hydrogen (secondary N) is 1. The van der Waals surface area contributed by atoms with Gasteiger partial charge in [0.2, 0.25) is 0 Å². The van der Waals surface area contributed by atoms with Gasteiger partial charge in [-0.05, 0) is 12.1 Å². The first-order chi connectivity index (χ1) is 7.77. The maximum absolute atomic E-state index is 10.9. The number of aromatic carboxylic acids is 1. The monoisotopic (exact) mass is 215 g/mol. The minimum absolute atomic E-state index is 0.214. The lowest BCUT2D eigenvalue weighted by molar-refractivity contribution is 0.0698.